The number of carbonyl (C=O) groups is 2. The number of aromatic carboxylic acids is 1. The number of hydrogen-bond acceptors (Lipinski definition) is 5. The molecule has 0 saturated carbocycles. The van der Waals surface area contributed by atoms with E-state index in [4.69, 9.17) is 5.11 Å². The average Bonchev–Trinajstić information content (AvgIpc) is 3.20. The van der Waals surface area contributed by atoms with Gasteiger partial charge in [-0.3, -0.25) is 0 Å². The normalized spacial score (nSPS) is 10.4. The zero-order valence-corrected chi connectivity index (χ0v) is 14.0. The Morgan fingerprint density at radius 1 is 0.778 bits per heavy atom. The van der Waals surface area contributed by atoms with Crippen LogP contribution in [0.5, 0.6) is 0 Å². The fraction of sp³-hybridized carbons (Fsp3) is 0.0588. The topological polar surface area (TPSA) is 161 Å². The van der Waals surface area contributed by atoms with Crippen LogP contribution in [-0.4, -0.2) is 44.1 Å². The summed E-state index contributed by atoms with van der Waals surface area (Å²) in [5.74, 6) is -1.43. The first-order chi connectivity index (χ1) is 12.9. The van der Waals surface area contributed by atoms with E-state index in [1.54, 1.807) is 24.3 Å². The van der Waals surface area contributed by atoms with Gasteiger partial charge in [-0.1, -0.05) is 0 Å². The number of benzene rings is 2. The lowest BCUT2D eigenvalue weighted by molar-refractivity contribution is 0.0600. The molecule has 0 aliphatic heterocycles. The first-order valence-corrected chi connectivity index (χ1v) is 7.63. The molecule has 0 saturated heterocycles. The first kappa shape index (κ1) is 17.7. The van der Waals surface area contributed by atoms with E-state index in [-0.39, 0.29) is 16.9 Å². The molecular formula is C17H14N4O6. The quantitative estimate of drug-likeness (QED) is 0.333. The van der Waals surface area contributed by atoms with Crippen LogP contribution in [0, 0.1) is 0 Å². The molecule has 0 fully saturated rings. The van der Waals surface area contributed by atoms with E-state index in [0.29, 0.717) is 27.6 Å². The van der Waals surface area contributed by atoms with Gasteiger partial charge < -0.3 is 29.8 Å². The number of imidazole rings is 2. The monoisotopic (exact) mass is 370 g/mol. The average molecular weight is 370 g/mol. The summed E-state index contributed by atoms with van der Waals surface area (Å²) in [5, 5.41) is 8.65. The Labute approximate surface area is 149 Å². The third kappa shape index (κ3) is 3.79. The molecule has 0 aliphatic carbocycles. The smallest absolute Gasteiger partial charge is 0.337 e. The molecule has 138 valence electrons. The summed E-state index contributed by atoms with van der Waals surface area (Å²) < 4.78 is 4.55. The van der Waals surface area contributed by atoms with Gasteiger partial charge in [-0.25, -0.2) is 19.2 Å². The summed E-state index contributed by atoms with van der Waals surface area (Å²) in [7, 11) is 1.31. The number of fused-ring (bicyclic) bond motifs is 2. The fourth-order valence-electron chi connectivity index (χ4n) is 2.44. The van der Waals surface area contributed by atoms with Crippen LogP contribution in [0.25, 0.3) is 22.1 Å². The highest BCUT2D eigenvalue weighted by molar-refractivity contribution is 5.93. The largest absolute Gasteiger partial charge is 0.478 e. The molecule has 2 aromatic heterocycles. The van der Waals surface area contributed by atoms with Crippen molar-refractivity contribution in [3.05, 3.63) is 68.5 Å². The van der Waals surface area contributed by atoms with E-state index in [1.807, 2.05) is 0 Å². The molecule has 4 aromatic rings. The molecule has 0 atom stereocenters. The van der Waals surface area contributed by atoms with Crippen LogP contribution < -0.4 is 11.4 Å². The van der Waals surface area contributed by atoms with Crippen LogP contribution in [0.3, 0.4) is 0 Å². The predicted octanol–water partition coefficient (Wildman–Crippen LogP) is 1.20. The van der Waals surface area contributed by atoms with Gasteiger partial charge in [-0.15, -0.1) is 0 Å². The minimum atomic E-state index is -1.01. The third-order valence-electron chi connectivity index (χ3n) is 3.70. The minimum Gasteiger partial charge on any atom is -0.478 e. The van der Waals surface area contributed by atoms with Crippen molar-refractivity contribution in [3.63, 3.8) is 0 Å². The molecule has 4 rings (SSSR count). The summed E-state index contributed by atoms with van der Waals surface area (Å²) in [6.07, 6.45) is 0. The predicted molar refractivity (Wildman–Crippen MR) is 96.1 cm³/mol. The van der Waals surface area contributed by atoms with Gasteiger partial charge in [-0.05, 0) is 36.4 Å². The van der Waals surface area contributed by atoms with E-state index < -0.39 is 11.9 Å². The van der Waals surface area contributed by atoms with Crippen molar-refractivity contribution in [2.75, 3.05) is 7.11 Å². The lowest BCUT2D eigenvalue weighted by Gasteiger charge is -1.97. The third-order valence-corrected chi connectivity index (χ3v) is 3.70. The molecule has 10 nitrogen and oxygen atoms in total. The summed E-state index contributed by atoms with van der Waals surface area (Å²) in [5.41, 5.74) is 2.32. The SMILES string of the molecule is COC(=O)c1ccc2[nH]c(=O)[nH]c2c1.O=C(O)c1ccc2[nH]c(=O)[nH]c2c1. The van der Waals surface area contributed by atoms with Gasteiger partial charge in [-0.2, -0.15) is 0 Å². The minimum absolute atomic E-state index is 0.155. The van der Waals surface area contributed by atoms with E-state index in [9.17, 15) is 19.2 Å². The van der Waals surface area contributed by atoms with Crippen molar-refractivity contribution < 1.29 is 19.4 Å². The molecule has 0 spiro atoms. The maximum Gasteiger partial charge on any atom is 0.337 e. The Kier molecular flexibility index (Phi) is 4.62. The van der Waals surface area contributed by atoms with Crippen molar-refractivity contribution in [2.45, 2.75) is 0 Å². The highest BCUT2D eigenvalue weighted by atomic mass is 16.5. The summed E-state index contributed by atoms with van der Waals surface area (Å²) in [6, 6.07) is 9.22. The Bertz CT molecular complexity index is 1260. The fourth-order valence-corrected chi connectivity index (χ4v) is 2.44. The molecule has 0 aliphatic rings. The number of esters is 1. The van der Waals surface area contributed by atoms with Gasteiger partial charge >= 0.3 is 23.3 Å². The van der Waals surface area contributed by atoms with Crippen molar-refractivity contribution in [2.24, 2.45) is 0 Å². The highest BCUT2D eigenvalue weighted by Crippen LogP contribution is 2.11. The number of rotatable bonds is 2. The molecule has 27 heavy (non-hydrogen) atoms. The van der Waals surface area contributed by atoms with Gasteiger partial charge in [0.05, 0.1) is 40.3 Å². The number of carboxylic acid groups (broad SMARTS) is 1. The van der Waals surface area contributed by atoms with Gasteiger partial charge in [0.15, 0.2) is 0 Å². The number of aromatic amines is 4. The molecule has 10 heteroatoms. The Balaban J connectivity index is 0.000000156. The summed E-state index contributed by atoms with van der Waals surface area (Å²) >= 11 is 0. The lowest BCUT2D eigenvalue weighted by Crippen LogP contribution is -2.00. The van der Waals surface area contributed by atoms with Crippen LogP contribution in [0.2, 0.25) is 0 Å². The molecule has 5 N–H and O–H groups in total. The van der Waals surface area contributed by atoms with E-state index in [1.165, 1.54) is 19.2 Å². The van der Waals surface area contributed by atoms with Crippen molar-refractivity contribution in [1.29, 1.82) is 0 Å². The Morgan fingerprint density at radius 2 is 1.22 bits per heavy atom. The zero-order valence-electron chi connectivity index (χ0n) is 14.0. The maximum atomic E-state index is 11.1. The van der Waals surface area contributed by atoms with Crippen molar-refractivity contribution in [3.8, 4) is 0 Å². The van der Waals surface area contributed by atoms with Gasteiger partial charge in [0, 0.05) is 0 Å². The molecule has 0 radical (unpaired) electrons. The molecular weight excluding hydrogens is 356 g/mol. The standard InChI is InChI=1S/C9H8N2O3.C8H6N2O3/c1-14-8(12)5-2-3-6-7(4-5)11-9(13)10-6;11-7(12)4-1-2-5-6(3-4)10-8(13)9-5/h2-4H,1H3,(H2,10,11,13);1-3H,(H,11,12)(H2,9,10,13). The molecule has 2 heterocycles. The van der Waals surface area contributed by atoms with Crippen LogP contribution in [0.15, 0.2) is 46.0 Å². The second-order valence-electron chi connectivity index (χ2n) is 5.48. The Hall–Kier alpha value is -4.08. The van der Waals surface area contributed by atoms with Crippen LogP contribution in [0.1, 0.15) is 20.7 Å². The summed E-state index contributed by atoms with van der Waals surface area (Å²) in [4.78, 5) is 53.6. The molecule has 0 unspecified atom stereocenters. The maximum absolute atomic E-state index is 11.1. The highest BCUT2D eigenvalue weighted by Gasteiger charge is 2.07. The van der Waals surface area contributed by atoms with Gasteiger partial charge in [0.25, 0.3) is 0 Å². The first-order valence-electron chi connectivity index (χ1n) is 7.63. The van der Waals surface area contributed by atoms with Crippen LogP contribution >= 0.6 is 0 Å². The van der Waals surface area contributed by atoms with E-state index >= 15 is 0 Å². The Morgan fingerprint density at radius 3 is 1.70 bits per heavy atom. The van der Waals surface area contributed by atoms with E-state index in [0.717, 1.165) is 0 Å². The molecule has 2 aromatic carbocycles. The second kappa shape index (κ2) is 7.04. The number of carboxylic acids is 1. The van der Waals surface area contributed by atoms with Gasteiger partial charge in [0.1, 0.15) is 0 Å². The second-order valence-corrected chi connectivity index (χ2v) is 5.48. The number of H-pyrrole nitrogens is 4. The van der Waals surface area contributed by atoms with Crippen LogP contribution in [-0.2, 0) is 4.74 Å². The van der Waals surface area contributed by atoms with Crippen LogP contribution in [0.4, 0.5) is 0 Å². The number of ether oxygens (including phenoxy) is 1. The van der Waals surface area contributed by atoms with Crippen molar-refractivity contribution >= 4 is 34.0 Å². The number of carbonyl (C=O) groups excluding carboxylic acids is 1. The molecule has 0 amide bonds. The van der Waals surface area contributed by atoms with Gasteiger partial charge in [0.2, 0.25) is 0 Å². The van der Waals surface area contributed by atoms with Crippen molar-refractivity contribution in [1.82, 2.24) is 19.9 Å². The number of nitrogens with one attached hydrogen (secondary N) is 4. The van der Waals surface area contributed by atoms with E-state index in [2.05, 4.69) is 24.7 Å². The number of methoxy groups -OCH3 is 1. The number of aromatic nitrogens is 4. The zero-order chi connectivity index (χ0) is 19.6. The number of hydrogen-bond donors (Lipinski definition) is 5. The lowest BCUT2D eigenvalue weighted by atomic mass is 10.2. The molecule has 0 bridgehead atoms. The summed E-state index contributed by atoms with van der Waals surface area (Å²) in [6.45, 7) is 0.